The van der Waals surface area contributed by atoms with E-state index in [9.17, 15) is 14.4 Å². The maximum Gasteiger partial charge on any atom is 0.305 e. The molecule has 0 spiro atoms. The first-order chi connectivity index (χ1) is 12.9. The van der Waals surface area contributed by atoms with Gasteiger partial charge in [-0.25, -0.2) is 5.01 Å². The highest BCUT2D eigenvalue weighted by molar-refractivity contribution is 7.99. The molecule has 0 aromatic heterocycles. The van der Waals surface area contributed by atoms with E-state index in [2.05, 4.69) is 5.10 Å². The van der Waals surface area contributed by atoms with Gasteiger partial charge in [-0.05, 0) is 31.0 Å². The minimum absolute atomic E-state index is 0.0777. The summed E-state index contributed by atoms with van der Waals surface area (Å²) in [6, 6.07) is 5.43. The summed E-state index contributed by atoms with van der Waals surface area (Å²) in [5, 5.41) is 14.8. The van der Waals surface area contributed by atoms with E-state index in [0.717, 1.165) is 16.9 Å². The second-order valence-electron chi connectivity index (χ2n) is 6.87. The van der Waals surface area contributed by atoms with Crippen LogP contribution in [0.25, 0.3) is 0 Å². The molecule has 0 radical (unpaired) electrons. The molecule has 7 nitrogen and oxygen atoms in total. The van der Waals surface area contributed by atoms with Crippen molar-refractivity contribution in [2.75, 3.05) is 23.1 Å². The largest absolute Gasteiger partial charge is 0.481 e. The van der Waals surface area contributed by atoms with E-state index in [-0.39, 0.29) is 37.1 Å². The van der Waals surface area contributed by atoms with Crippen LogP contribution >= 0.6 is 11.8 Å². The zero-order valence-corrected chi connectivity index (χ0v) is 16.3. The molecular weight excluding hydrogens is 366 g/mol. The molecule has 144 valence electrons. The molecule has 2 aliphatic rings. The Kier molecular flexibility index (Phi) is 5.84. The number of carboxylic acid groups (broad SMARTS) is 1. The molecule has 3 rings (SSSR count). The Morgan fingerprint density at radius 1 is 1.30 bits per heavy atom. The highest BCUT2D eigenvalue weighted by Gasteiger charge is 2.34. The first-order valence-corrected chi connectivity index (χ1v) is 10.1. The molecule has 1 aromatic rings. The quantitative estimate of drug-likeness (QED) is 0.853. The van der Waals surface area contributed by atoms with Gasteiger partial charge in [-0.1, -0.05) is 12.1 Å². The standard InChI is InChI=1S/C19H23N3O4S/c1-12-3-4-13(2)16(9-12)22-17(23)6-5-15(20-22)19(26)21-7-8-27-11-14(21)10-18(24)25/h3-4,9,14H,5-8,10-11H2,1-2H3,(H,24,25). The Labute approximate surface area is 162 Å². The summed E-state index contributed by atoms with van der Waals surface area (Å²) in [6.45, 7) is 4.34. The van der Waals surface area contributed by atoms with Crippen LogP contribution in [0.3, 0.4) is 0 Å². The number of rotatable bonds is 4. The summed E-state index contributed by atoms with van der Waals surface area (Å²) in [5.41, 5.74) is 2.91. The minimum Gasteiger partial charge on any atom is -0.481 e. The number of carbonyl (C=O) groups excluding carboxylic acids is 2. The monoisotopic (exact) mass is 389 g/mol. The van der Waals surface area contributed by atoms with Crippen LogP contribution < -0.4 is 5.01 Å². The molecule has 1 aromatic carbocycles. The number of aliphatic carboxylic acids is 1. The van der Waals surface area contributed by atoms with Crippen LogP contribution in [-0.2, 0) is 14.4 Å². The van der Waals surface area contributed by atoms with Gasteiger partial charge in [0, 0.05) is 30.9 Å². The topological polar surface area (TPSA) is 90.3 Å². The summed E-state index contributed by atoms with van der Waals surface area (Å²) < 4.78 is 0. The van der Waals surface area contributed by atoms with E-state index in [1.807, 2.05) is 32.0 Å². The maximum absolute atomic E-state index is 13.0. The molecule has 1 N–H and O–H groups in total. The Hall–Kier alpha value is -2.35. The fourth-order valence-corrected chi connectivity index (χ4v) is 4.36. The van der Waals surface area contributed by atoms with Gasteiger partial charge in [0.25, 0.3) is 5.91 Å². The zero-order chi connectivity index (χ0) is 19.6. The Bertz CT molecular complexity index is 808. The molecule has 1 atom stereocenters. The lowest BCUT2D eigenvalue weighted by molar-refractivity contribution is -0.139. The Balaban J connectivity index is 1.88. The molecule has 0 bridgehead atoms. The predicted octanol–water partition coefficient (Wildman–Crippen LogP) is 2.20. The van der Waals surface area contributed by atoms with Crippen molar-refractivity contribution in [1.29, 1.82) is 0 Å². The zero-order valence-electron chi connectivity index (χ0n) is 15.5. The molecule has 2 aliphatic heterocycles. The molecule has 1 unspecified atom stereocenters. The van der Waals surface area contributed by atoms with Crippen LogP contribution in [0.2, 0.25) is 0 Å². The second-order valence-corrected chi connectivity index (χ2v) is 8.02. The molecule has 2 heterocycles. The number of amides is 2. The molecule has 0 aliphatic carbocycles. The number of anilines is 1. The molecule has 0 saturated carbocycles. The minimum atomic E-state index is -0.918. The van der Waals surface area contributed by atoms with Gasteiger partial charge in [-0.15, -0.1) is 0 Å². The van der Waals surface area contributed by atoms with Gasteiger partial charge in [0.15, 0.2) is 0 Å². The van der Waals surface area contributed by atoms with Gasteiger partial charge < -0.3 is 10.0 Å². The molecule has 27 heavy (non-hydrogen) atoms. The van der Waals surface area contributed by atoms with Gasteiger partial charge in [-0.3, -0.25) is 14.4 Å². The van der Waals surface area contributed by atoms with Crippen molar-refractivity contribution in [2.24, 2.45) is 5.10 Å². The number of nitrogens with zero attached hydrogens (tertiary/aromatic N) is 3. The molecule has 1 saturated heterocycles. The summed E-state index contributed by atoms with van der Waals surface area (Å²) in [6.07, 6.45) is 0.415. The van der Waals surface area contributed by atoms with Gasteiger partial charge in [0.2, 0.25) is 5.91 Å². The fraction of sp³-hybridized carbons (Fsp3) is 0.474. The van der Waals surface area contributed by atoms with E-state index in [4.69, 9.17) is 5.11 Å². The fourth-order valence-electron chi connectivity index (χ4n) is 3.30. The van der Waals surface area contributed by atoms with Crippen molar-refractivity contribution >= 4 is 40.9 Å². The van der Waals surface area contributed by atoms with E-state index in [1.54, 1.807) is 16.7 Å². The number of carboxylic acids is 1. The summed E-state index contributed by atoms with van der Waals surface area (Å²) >= 11 is 1.65. The van der Waals surface area contributed by atoms with Crippen molar-refractivity contribution in [2.45, 2.75) is 39.2 Å². The van der Waals surface area contributed by atoms with Crippen molar-refractivity contribution in [1.82, 2.24) is 4.90 Å². The maximum atomic E-state index is 13.0. The lowest BCUT2D eigenvalue weighted by atomic mass is 10.1. The number of benzene rings is 1. The predicted molar refractivity (Wildman–Crippen MR) is 105 cm³/mol. The molecule has 2 amide bonds. The van der Waals surface area contributed by atoms with Crippen molar-refractivity contribution in [3.05, 3.63) is 29.3 Å². The highest BCUT2D eigenvalue weighted by Crippen LogP contribution is 2.27. The van der Waals surface area contributed by atoms with E-state index < -0.39 is 5.97 Å². The average molecular weight is 389 g/mol. The number of thioether (sulfide) groups is 1. The Morgan fingerprint density at radius 3 is 2.81 bits per heavy atom. The van der Waals surface area contributed by atoms with E-state index in [1.165, 1.54) is 5.01 Å². The van der Waals surface area contributed by atoms with Crippen LogP contribution in [-0.4, -0.2) is 57.6 Å². The van der Waals surface area contributed by atoms with E-state index in [0.29, 0.717) is 23.7 Å². The van der Waals surface area contributed by atoms with Crippen molar-refractivity contribution in [3.63, 3.8) is 0 Å². The van der Waals surface area contributed by atoms with E-state index >= 15 is 0 Å². The van der Waals surface area contributed by atoms with Gasteiger partial charge in [-0.2, -0.15) is 16.9 Å². The SMILES string of the molecule is Cc1ccc(C)c(N2N=C(C(=O)N3CCSCC3CC(=O)O)CCC2=O)c1. The first-order valence-electron chi connectivity index (χ1n) is 8.95. The first kappa shape index (κ1) is 19.4. The van der Waals surface area contributed by atoms with Gasteiger partial charge >= 0.3 is 5.97 Å². The van der Waals surface area contributed by atoms with Crippen LogP contribution in [0.15, 0.2) is 23.3 Å². The smallest absolute Gasteiger partial charge is 0.305 e. The lowest BCUT2D eigenvalue weighted by Crippen LogP contribution is -2.51. The third-order valence-electron chi connectivity index (χ3n) is 4.77. The van der Waals surface area contributed by atoms with Crippen LogP contribution in [0.5, 0.6) is 0 Å². The third-order valence-corrected chi connectivity index (χ3v) is 5.86. The van der Waals surface area contributed by atoms with Crippen LogP contribution in [0, 0.1) is 13.8 Å². The third kappa shape index (κ3) is 4.32. The molecule has 8 heteroatoms. The van der Waals surface area contributed by atoms with Crippen molar-refractivity contribution < 1.29 is 19.5 Å². The number of hydrogen-bond acceptors (Lipinski definition) is 5. The lowest BCUT2D eigenvalue weighted by Gasteiger charge is -2.35. The normalized spacial score (nSPS) is 20.4. The number of hydrazone groups is 1. The molecule has 1 fully saturated rings. The highest BCUT2D eigenvalue weighted by atomic mass is 32.2. The number of carbonyl (C=O) groups is 3. The average Bonchev–Trinajstić information content (AvgIpc) is 2.64. The summed E-state index contributed by atoms with van der Waals surface area (Å²) in [5.74, 6) is 0.0543. The van der Waals surface area contributed by atoms with Gasteiger partial charge in [0.1, 0.15) is 5.71 Å². The van der Waals surface area contributed by atoms with Crippen molar-refractivity contribution in [3.8, 4) is 0 Å². The Morgan fingerprint density at radius 2 is 2.07 bits per heavy atom. The number of hydrogen-bond donors (Lipinski definition) is 1. The van der Waals surface area contributed by atoms with Crippen LogP contribution in [0.4, 0.5) is 5.69 Å². The van der Waals surface area contributed by atoms with Crippen LogP contribution in [0.1, 0.15) is 30.4 Å². The van der Waals surface area contributed by atoms with Gasteiger partial charge in [0.05, 0.1) is 18.2 Å². The number of aryl methyl sites for hydroxylation is 2. The summed E-state index contributed by atoms with van der Waals surface area (Å²) in [4.78, 5) is 38.2. The summed E-state index contributed by atoms with van der Waals surface area (Å²) in [7, 11) is 0. The molecular formula is C19H23N3O4S. The second kappa shape index (κ2) is 8.12.